The van der Waals surface area contributed by atoms with E-state index in [2.05, 4.69) is 10.3 Å². The second-order valence-corrected chi connectivity index (χ2v) is 11.0. The number of carbonyl (C=O) groups is 1. The number of para-hydroxylation sites is 1. The number of ether oxygens (including phenoxy) is 2. The third-order valence-electron chi connectivity index (χ3n) is 7.68. The molecular weight excluding hydrogens is 576 g/mol. The minimum absolute atomic E-state index is 0.142. The number of hydrogen-bond donors (Lipinski definition) is 1. The van der Waals surface area contributed by atoms with Crippen molar-refractivity contribution in [3.8, 4) is 40.0 Å². The van der Waals surface area contributed by atoms with Crippen molar-refractivity contribution in [3.05, 3.63) is 102 Å². The number of amides is 2. The van der Waals surface area contributed by atoms with E-state index in [0.29, 0.717) is 46.9 Å². The lowest BCUT2D eigenvalue weighted by atomic mass is 10.2. The fourth-order valence-electron chi connectivity index (χ4n) is 5.43. The molecular formula is C34H33ClN6O3. The largest absolute Gasteiger partial charge is 0.495 e. The number of urea groups is 1. The van der Waals surface area contributed by atoms with Crippen molar-refractivity contribution in [2.45, 2.75) is 38.3 Å². The van der Waals surface area contributed by atoms with E-state index in [9.17, 15) is 4.79 Å². The van der Waals surface area contributed by atoms with Crippen LogP contribution in [0.25, 0.3) is 22.8 Å². The summed E-state index contributed by atoms with van der Waals surface area (Å²) in [5.41, 5.74) is 2.36. The van der Waals surface area contributed by atoms with Crippen LogP contribution in [-0.4, -0.2) is 50.4 Å². The van der Waals surface area contributed by atoms with Crippen LogP contribution < -0.4 is 14.8 Å². The number of aromatic nitrogens is 4. The molecule has 0 aliphatic heterocycles. The molecule has 9 nitrogen and oxygen atoms in total. The smallest absolute Gasteiger partial charge is 0.322 e. The highest BCUT2D eigenvalue weighted by Gasteiger charge is 2.27. The molecule has 1 aliphatic carbocycles. The number of carbonyl (C=O) groups excluding carboxylic acids is 1. The van der Waals surface area contributed by atoms with Gasteiger partial charge in [-0.1, -0.05) is 42.6 Å². The van der Waals surface area contributed by atoms with Gasteiger partial charge in [0.25, 0.3) is 0 Å². The average molecular weight is 609 g/mol. The Bertz CT molecular complexity index is 1690. The Hall–Kier alpha value is -4.89. The maximum atomic E-state index is 13.7. The van der Waals surface area contributed by atoms with Crippen LogP contribution in [0.3, 0.4) is 0 Å². The molecule has 2 aromatic heterocycles. The quantitative estimate of drug-likeness (QED) is 0.173. The van der Waals surface area contributed by atoms with Gasteiger partial charge in [0.05, 0.1) is 18.7 Å². The van der Waals surface area contributed by atoms with Gasteiger partial charge in [-0.3, -0.25) is 4.98 Å². The third kappa shape index (κ3) is 6.84. The van der Waals surface area contributed by atoms with E-state index < -0.39 is 0 Å². The Morgan fingerprint density at radius 2 is 1.68 bits per heavy atom. The zero-order valence-corrected chi connectivity index (χ0v) is 25.2. The predicted molar refractivity (Wildman–Crippen MR) is 171 cm³/mol. The van der Waals surface area contributed by atoms with Crippen molar-refractivity contribution >= 4 is 23.3 Å². The predicted octanol–water partition coefficient (Wildman–Crippen LogP) is 7.94. The lowest BCUT2D eigenvalue weighted by molar-refractivity contribution is 0.184. The number of benzene rings is 3. The number of nitrogens with one attached hydrogen (secondary N) is 1. The summed E-state index contributed by atoms with van der Waals surface area (Å²) in [6.45, 7) is 0.909. The normalized spacial score (nSPS) is 13.0. The summed E-state index contributed by atoms with van der Waals surface area (Å²) in [5.74, 6) is 3.27. The molecule has 2 heterocycles. The molecule has 224 valence electrons. The van der Waals surface area contributed by atoms with Crippen LogP contribution in [0.2, 0.25) is 5.02 Å². The van der Waals surface area contributed by atoms with Crippen molar-refractivity contribution in [1.29, 1.82) is 0 Å². The summed E-state index contributed by atoms with van der Waals surface area (Å²) >= 11 is 6.48. The second-order valence-electron chi connectivity index (χ2n) is 10.6. The van der Waals surface area contributed by atoms with Crippen LogP contribution >= 0.6 is 11.6 Å². The van der Waals surface area contributed by atoms with Gasteiger partial charge in [0.15, 0.2) is 11.6 Å². The van der Waals surface area contributed by atoms with E-state index in [1.807, 2.05) is 94.5 Å². The van der Waals surface area contributed by atoms with E-state index >= 15 is 0 Å². The first kappa shape index (κ1) is 29.2. The molecule has 0 unspecified atom stereocenters. The topological polar surface area (TPSA) is 94.4 Å². The van der Waals surface area contributed by atoms with Crippen LogP contribution in [0.4, 0.5) is 10.5 Å². The number of halogens is 1. The highest BCUT2D eigenvalue weighted by atomic mass is 35.5. The zero-order chi connectivity index (χ0) is 30.3. The Kier molecular flexibility index (Phi) is 9.03. The Labute approximate surface area is 261 Å². The first-order valence-corrected chi connectivity index (χ1v) is 15.0. The van der Waals surface area contributed by atoms with Crippen molar-refractivity contribution < 1.29 is 14.3 Å². The van der Waals surface area contributed by atoms with E-state index in [-0.39, 0.29) is 12.1 Å². The van der Waals surface area contributed by atoms with Crippen molar-refractivity contribution in [1.82, 2.24) is 24.6 Å². The van der Waals surface area contributed by atoms with Gasteiger partial charge in [-0.2, -0.15) is 5.10 Å². The molecule has 44 heavy (non-hydrogen) atoms. The third-order valence-corrected chi connectivity index (χ3v) is 7.98. The molecule has 0 saturated heterocycles. The van der Waals surface area contributed by atoms with Crippen LogP contribution in [0.5, 0.6) is 17.2 Å². The van der Waals surface area contributed by atoms with E-state index in [0.717, 1.165) is 42.6 Å². The minimum Gasteiger partial charge on any atom is -0.495 e. The van der Waals surface area contributed by atoms with Gasteiger partial charge in [0.1, 0.15) is 17.2 Å². The highest BCUT2D eigenvalue weighted by molar-refractivity contribution is 6.32. The molecule has 5 aromatic rings. The summed E-state index contributed by atoms with van der Waals surface area (Å²) in [4.78, 5) is 24.6. The monoisotopic (exact) mass is 608 g/mol. The summed E-state index contributed by atoms with van der Waals surface area (Å²) in [5, 5.41) is 8.42. The molecule has 1 N–H and O–H groups in total. The van der Waals surface area contributed by atoms with Crippen molar-refractivity contribution in [2.75, 3.05) is 19.0 Å². The first-order valence-electron chi connectivity index (χ1n) is 14.7. The van der Waals surface area contributed by atoms with Gasteiger partial charge >= 0.3 is 6.03 Å². The summed E-state index contributed by atoms with van der Waals surface area (Å²) in [7, 11) is 1.58. The molecule has 1 saturated carbocycles. The van der Waals surface area contributed by atoms with Gasteiger partial charge in [-0.15, -0.1) is 0 Å². The lowest BCUT2D eigenvalue weighted by Gasteiger charge is -2.29. The molecule has 0 bridgehead atoms. The van der Waals surface area contributed by atoms with Gasteiger partial charge in [-0.05, 0) is 79.6 Å². The van der Waals surface area contributed by atoms with E-state index in [1.165, 1.54) is 0 Å². The summed E-state index contributed by atoms with van der Waals surface area (Å²) < 4.78 is 13.1. The molecule has 1 fully saturated rings. The average Bonchev–Trinajstić information content (AvgIpc) is 3.74. The molecule has 10 heteroatoms. The van der Waals surface area contributed by atoms with Gasteiger partial charge in [-0.25, -0.2) is 14.5 Å². The molecule has 2 amide bonds. The van der Waals surface area contributed by atoms with Crippen LogP contribution in [0.1, 0.15) is 25.7 Å². The number of nitrogens with zero attached hydrogens (tertiary/aromatic N) is 5. The Morgan fingerprint density at radius 3 is 2.39 bits per heavy atom. The molecule has 0 spiro atoms. The SMILES string of the molecule is COc1ccc(-c2nc(-c3ccncc3)nn2CCN(C(=O)Nc2ccc(Oc3ccccc3)cc2)C2CCCC2)cc1Cl. The van der Waals surface area contributed by atoms with Crippen LogP contribution in [-0.2, 0) is 6.54 Å². The minimum atomic E-state index is -0.142. The summed E-state index contributed by atoms with van der Waals surface area (Å²) in [6.07, 6.45) is 7.57. The van der Waals surface area contributed by atoms with Gasteiger partial charge in [0.2, 0.25) is 0 Å². The number of rotatable bonds is 10. The molecule has 1 aliphatic rings. The van der Waals surface area contributed by atoms with Crippen molar-refractivity contribution in [3.63, 3.8) is 0 Å². The Morgan fingerprint density at radius 1 is 0.955 bits per heavy atom. The number of hydrogen-bond acceptors (Lipinski definition) is 6. The molecule has 0 radical (unpaired) electrons. The zero-order valence-electron chi connectivity index (χ0n) is 24.4. The molecule has 6 rings (SSSR count). The van der Waals surface area contributed by atoms with Crippen molar-refractivity contribution in [2.24, 2.45) is 0 Å². The fraction of sp³-hybridized carbons (Fsp3) is 0.235. The summed E-state index contributed by atoms with van der Waals surface area (Å²) in [6, 6.07) is 26.3. The maximum absolute atomic E-state index is 13.7. The first-order chi connectivity index (χ1) is 21.6. The second kappa shape index (κ2) is 13.6. The molecule has 3 aromatic carbocycles. The highest BCUT2D eigenvalue weighted by Crippen LogP contribution is 2.31. The van der Waals surface area contributed by atoms with Gasteiger partial charge in [0, 0.05) is 41.8 Å². The fourth-order valence-corrected chi connectivity index (χ4v) is 5.69. The number of anilines is 1. The standard InChI is InChI=1S/C34H33ClN6O3/c1-43-31-16-11-25(23-30(31)35)33-38-32(24-17-19-36-20-18-24)39-41(33)22-21-40(27-7-5-6-8-27)34(42)37-26-12-14-29(15-13-26)44-28-9-3-2-4-10-28/h2-4,9-20,23,27H,5-8,21-22H2,1H3,(H,37,42). The lowest BCUT2D eigenvalue weighted by Crippen LogP contribution is -2.43. The van der Waals surface area contributed by atoms with E-state index in [1.54, 1.807) is 19.5 Å². The Balaban J connectivity index is 1.22. The van der Waals surface area contributed by atoms with E-state index in [4.69, 9.17) is 31.2 Å². The maximum Gasteiger partial charge on any atom is 0.322 e. The number of methoxy groups -OCH3 is 1. The van der Waals surface area contributed by atoms with Crippen LogP contribution in [0.15, 0.2) is 97.3 Å². The van der Waals surface area contributed by atoms with Crippen LogP contribution in [0, 0.1) is 0 Å². The van der Waals surface area contributed by atoms with Gasteiger partial charge < -0.3 is 19.7 Å². The number of pyridine rings is 1. The molecule has 0 atom stereocenters.